The number of unbranched alkanes of at least 4 members (excludes halogenated alkanes) is 9. The zero-order valence-electron chi connectivity index (χ0n) is 17.4. The Morgan fingerprint density at radius 1 is 0.778 bits per heavy atom. The van der Waals surface area contributed by atoms with Crippen molar-refractivity contribution in [1.29, 1.82) is 0 Å². The molecule has 0 heterocycles. The van der Waals surface area contributed by atoms with E-state index in [2.05, 4.69) is 13.8 Å². The Kier molecular flexibility index (Phi) is 23.5. The van der Waals surface area contributed by atoms with Gasteiger partial charge >= 0.3 is 7.82 Å². The molecule has 0 aliphatic heterocycles. The summed E-state index contributed by atoms with van der Waals surface area (Å²) in [6, 6.07) is 0. The highest BCUT2D eigenvalue weighted by Crippen LogP contribution is 2.46. The maximum atomic E-state index is 12.1. The summed E-state index contributed by atoms with van der Waals surface area (Å²) in [5.74, 6) is 0. The normalized spacial score (nSPS) is 14.5. The second-order valence-corrected chi connectivity index (χ2v) is 8.52. The summed E-state index contributed by atoms with van der Waals surface area (Å²) in [4.78, 5) is 9.92. The van der Waals surface area contributed by atoms with E-state index in [0.29, 0.717) is 6.61 Å². The molecule has 0 rings (SSSR count). The Balaban J connectivity index is 0. The Morgan fingerprint density at radius 2 is 1.26 bits per heavy atom. The largest absolute Gasteiger partial charge is 0.474 e. The summed E-state index contributed by atoms with van der Waals surface area (Å²) in [5, 5.41) is 0. The molecule has 2 unspecified atom stereocenters. The Hall–Kier alpha value is 0.602. The van der Waals surface area contributed by atoms with Gasteiger partial charge in [0.15, 0.2) is 24.2 Å². The van der Waals surface area contributed by atoms with Crippen LogP contribution in [-0.4, -0.2) is 41.8 Å². The lowest BCUT2D eigenvalue weighted by atomic mass is 10.0. The van der Waals surface area contributed by atoms with E-state index < -0.39 is 7.82 Å². The summed E-state index contributed by atoms with van der Waals surface area (Å²) in [6.45, 7) is 6.70. The Bertz CT molecular complexity index is 344. The van der Waals surface area contributed by atoms with Crippen molar-refractivity contribution in [1.82, 2.24) is 0 Å². The molecule has 0 saturated carbocycles. The van der Waals surface area contributed by atoms with Crippen molar-refractivity contribution >= 4 is 25.2 Å². The van der Waals surface area contributed by atoms with Crippen molar-refractivity contribution in [2.24, 2.45) is 0 Å². The van der Waals surface area contributed by atoms with E-state index in [9.17, 15) is 9.46 Å². The molecule has 0 aromatic heterocycles. The van der Waals surface area contributed by atoms with Gasteiger partial charge in [-0.2, -0.15) is 0 Å². The molecule has 0 aromatic rings. The van der Waals surface area contributed by atoms with Crippen LogP contribution >= 0.6 is 7.82 Å². The van der Waals surface area contributed by atoms with Gasteiger partial charge in [-0.05, 0) is 19.3 Å². The first-order valence-corrected chi connectivity index (χ1v) is 12.3. The van der Waals surface area contributed by atoms with Crippen molar-refractivity contribution in [2.45, 2.75) is 117 Å². The van der Waals surface area contributed by atoms with Gasteiger partial charge < -0.3 is 9.63 Å². The van der Waals surface area contributed by atoms with E-state index in [0.717, 1.165) is 44.9 Å². The van der Waals surface area contributed by atoms with Crippen molar-refractivity contribution in [2.75, 3.05) is 13.4 Å². The minimum atomic E-state index is -4.04. The van der Waals surface area contributed by atoms with Crippen LogP contribution in [0.4, 0.5) is 0 Å². The van der Waals surface area contributed by atoms with Gasteiger partial charge in [-0.25, -0.2) is 4.57 Å². The molecular formula is C20H46AlO5P. The molecule has 164 valence electrons. The molecule has 0 saturated heterocycles. The zero-order chi connectivity index (χ0) is 19.5. The predicted molar refractivity (Wildman–Crippen MR) is 118 cm³/mol. The van der Waals surface area contributed by atoms with Crippen LogP contribution in [0.2, 0.25) is 0 Å². The molecule has 0 amide bonds. The summed E-state index contributed by atoms with van der Waals surface area (Å²) in [6.07, 6.45) is 15.4. The van der Waals surface area contributed by atoms with Crippen molar-refractivity contribution in [3.8, 4) is 0 Å². The second kappa shape index (κ2) is 21.3. The van der Waals surface area contributed by atoms with Crippen LogP contribution < -0.4 is 0 Å². The molecule has 0 spiro atoms. The molecule has 0 bridgehead atoms. The first-order valence-electron chi connectivity index (χ1n) is 10.8. The summed E-state index contributed by atoms with van der Waals surface area (Å²) >= 11 is 0. The van der Waals surface area contributed by atoms with Crippen LogP contribution in [0.5, 0.6) is 0 Å². The van der Waals surface area contributed by atoms with Gasteiger partial charge in [-0.1, -0.05) is 91.4 Å². The number of hydrogen-bond acceptors (Lipinski definition) is 4. The maximum Gasteiger partial charge on any atom is 0.474 e. The van der Waals surface area contributed by atoms with Gasteiger partial charge in [0.1, 0.15) is 0 Å². The Labute approximate surface area is 178 Å². The third-order valence-corrected chi connectivity index (χ3v) is 5.44. The molecule has 0 aliphatic carbocycles. The highest BCUT2D eigenvalue weighted by Gasteiger charge is 2.26. The van der Waals surface area contributed by atoms with Crippen molar-refractivity contribution in [3.63, 3.8) is 0 Å². The lowest BCUT2D eigenvalue weighted by Crippen LogP contribution is -2.13. The van der Waals surface area contributed by atoms with Crippen molar-refractivity contribution in [3.05, 3.63) is 0 Å². The van der Waals surface area contributed by atoms with Gasteiger partial charge in [-0.15, -0.1) is 0 Å². The predicted octanol–water partition coefficient (Wildman–Crippen LogP) is 5.80. The van der Waals surface area contributed by atoms with Crippen LogP contribution in [0.25, 0.3) is 0 Å². The van der Waals surface area contributed by atoms with E-state index >= 15 is 0 Å². The summed E-state index contributed by atoms with van der Waals surface area (Å²) < 4.78 is 27.6. The minimum Gasteiger partial charge on any atom is -0.355 e. The maximum absolute atomic E-state index is 12.1. The lowest BCUT2D eigenvalue weighted by molar-refractivity contribution is -0.0157. The highest BCUT2D eigenvalue weighted by molar-refractivity contribution is 7.47. The summed E-state index contributed by atoms with van der Waals surface area (Å²) in [7, 11) is -4.04. The second-order valence-electron chi connectivity index (χ2n) is 7.11. The SMILES string of the molecule is CCCCCCCCCC(CCCCCC)OP(=O)(O)OCOCCC.[AlH3]. The van der Waals surface area contributed by atoms with Gasteiger partial charge in [0.2, 0.25) is 0 Å². The number of rotatable bonds is 20. The van der Waals surface area contributed by atoms with Crippen LogP contribution in [-0.2, 0) is 18.3 Å². The highest BCUT2D eigenvalue weighted by atomic mass is 31.2. The number of ether oxygens (including phenoxy) is 1. The van der Waals surface area contributed by atoms with Crippen LogP contribution in [0, 0.1) is 0 Å². The molecule has 0 aromatic carbocycles. The molecular weight excluding hydrogens is 378 g/mol. The van der Waals surface area contributed by atoms with Gasteiger partial charge in [0.25, 0.3) is 0 Å². The van der Waals surface area contributed by atoms with E-state index in [1.807, 2.05) is 6.92 Å². The third kappa shape index (κ3) is 21.1. The van der Waals surface area contributed by atoms with Crippen LogP contribution in [0.15, 0.2) is 0 Å². The number of hydrogen-bond donors (Lipinski definition) is 1. The Morgan fingerprint density at radius 3 is 1.78 bits per heavy atom. The molecule has 2 atom stereocenters. The van der Waals surface area contributed by atoms with Gasteiger partial charge in [0, 0.05) is 6.61 Å². The van der Waals surface area contributed by atoms with Crippen LogP contribution in [0.3, 0.4) is 0 Å². The summed E-state index contributed by atoms with van der Waals surface area (Å²) in [5.41, 5.74) is 0. The van der Waals surface area contributed by atoms with E-state index in [4.69, 9.17) is 13.8 Å². The zero-order valence-corrected chi connectivity index (χ0v) is 18.3. The molecule has 7 heteroatoms. The van der Waals surface area contributed by atoms with E-state index in [1.54, 1.807) is 0 Å². The van der Waals surface area contributed by atoms with E-state index in [-0.39, 0.29) is 30.3 Å². The topological polar surface area (TPSA) is 65.0 Å². The number of phosphoric ester groups is 1. The van der Waals surface area contributed by atoms with E-state index in [1.165, 1.54) is 44.9 Å². The fourth-order valence-electron chi connectivity index (χ4n) is 2.90. The fraction of sp³-hybridized carbons (Fsp3) is 1.00. The molecule has 0 aliphatic rings. The first kappa shape index (κ1) is 29.8. The smallest absolute Gasteiger partial charge is 0.355 e. The first-order chi connectivity index (χ1) is 12.6. The molecule has 0 fully saturated rings. The standard InChI is InChI=1S/C20H43O5P.Al.3H/c1-4-7-9-11-12-13-15-17-20(16-14-10-8-5-2)25-26(21,22)24-19-23-18-6-3;;;;/h20H,4-19H2,1-3H3,(H,21,22);;;;. The average Bonchev–Trinajstić information content (AvgIpc) is 2.61. The monoisotopic (exact) mass is 424 g/mol. The van der Waals surface area contributed by atoms with Gasteiger partial charge in [0.05, 0.1) is 6.10 Å². The van der Waals surface area contributed by atoms with Crippen LogP contribution in [0.1, 0.15) is 111 Å². The lowest BCUT2D eigenvalue weighted by Gasteiger charge is -2.21. The minimum absolute atomic E-state index is 0. The number of phosphoric acid groups is 1. The van der Waals surface area contributed by atoms with Gasteiger partial charge in [-0.3, -0.25) is 9.05 Å². The average molecular weight is 425 g/mol. The quantitative estimate of drug-likeness (QED) is 0.116. The molecule has 0 radical (unpaired) electrons. The third-order valence-electron chi connectivity index (χ3n) is 4.44. The molecule has 5 nitrogen and oxygen atoms in total. The fourth-order valence-corrected chi connectivity index (χ4v) is 3.76. The molecule has 1 N–H and O–H groups in total. The van der Waals surface area contributed by atoms with Crippen molar-refractivity contribution < 1.29 is 23.2 Å². The molecule has 27 heavy (non-hydrogen) atoms.